The van der Waals surface area contributed by atoms with Gasteiger partial charge in [0.15, 0.2) is 6.10 Å². The fraction of sp³-hybridized carbons (Fsp3) is 0.333. The van der Waals surface area contributed by atoms with E-state index in [1.165, 1.54) is 0 Å². The summed E-state index contributed by atoms with van der Waals surface area (Å²) in [7, 11) is 1.70. The molecule has 19 heavy (non-hydrogen) atoms. The number of carbonyl (C=O) groups excluding carboxylic acids is 2. The van der Waals surface area contributed by atoms with E-state index in [1.54, 1.807) is 32.2 Å². The zero-order valence-electron chi connectivity index (χ0n) is 10.6. The number of likely N-dealkylation sites (N-methyl/N-ethyl adjacent to an activating group) is 1. The molecule has 1 aromatic carbocycles. The Labute approximate surface area is 117 Å². The van der Waals surface area contributed by atoms with Crippen LogP contribution in [0.2, 0.25) is 0 Å². The van der Waals surface area contributed by atoms with Gasteiger partial charge < -0.3 is 20.7 Å². The van der Waals surface area contributed by atoms with Gasteiger partial charge in [0.1, 0.15) is 5.75 Å². The number of hydrogen-bond donors (Lipinski definition) is 3. The van der Waals surface area contributed by atoms with Gasteiger partial charge >= 0.3 is 0 Å². The molecule has 0 radical (unpaired) electrons. The lowest BCUT2D eigenvalue weighted by Crippen LogP contribution is -2.34. The lowest BCUT2D eigenvalue weighted by molar-refractivity contribution is -0.122. The predicted molar refractivity (Wildman–Crippen MR) is 75.0 cm³/mol. The van der Waals surface area contributed by atoms with Gasteiger partial charge in [-0.1, -0.05) is 0 Å². The molecule has 6 nitrogen and oxygen atoms in total. The van der Waals surface area contributed by atoms with Crippen molar-refractivity contribution >= 4 is 35.6 Å². The highest BCUT2D eigenvalue weighted by atomic mass is 35.5. The molecule has 1 heterocycles. The first-order valence-electron chi connectivity index (χ1n) is 5.66. The van der Waals surface area contributed by atoms with Gasteiger partial charge in [0.05, 0.1) is 12.2 Å². The van der Waals surface area contributed by atoms with Crippen LogP contribution in [0, 0.1) is 0 Å². The van der Waals surface area contributed by atoms with Gasteiger partial charge in [-0.25, -0.2) is 0 Å². The fourth-order valence-corrected chi connectivity index (χ4v) is 1.65. The number of ether oxygens (including phenoxy) is 1. The van der Waals surface area contributed by atoms with E-state index in [0.717, 1.165) is 0 Å². The maximum absolute atomic E-state index is 11.5. The monoisotopic (exact) mass is 285 g/mol. The Bertz CT molecular complexity index is 493. The summed E-state index contributed by atoms with van der Waals surface area (Å²) < 4.78 is 5.41. The van der Waals surface area contributed by atoms with Gasteiger partial charge in [0.2, 0.25) is 5.91 Å². The lowest BCUT2D eigenvalue weighted by atomic mass is 10.2. The molecule has 2 amide bonds. The van der Waals surface area contributed by atoms with Gasteiger partial charge in [-0.05, 0) is 32.2 Å². The van der Waals surface area contributed by atoms with E-state index < -0.39 is 6.10 Å². The third-order valence-electron chi connectivity index (χ3n) is 2.53. The van der Waals surface area contributed by atoms with Crippen LogP contribution in [0.3, 0.4) is 0 Å². The van der Waals surface area contributed by atoms with E-state index in [0.29, 0.717) is 17.1 Å². The van der Waals surface area contributed by atoms with E-state index in [4.69, 9.17) is 4.74 Å². The molecule has 0 saturated carbocycles. The number of hydrogen-bond acceptors (Lipinski definition) is 4. The summed E-state index contributed by atoms with van der Waals surface area (Å²) >= 11 is 0. The zero-order valence-corrected chi connectivity index (χ0v) is 11.5. The summed E-state index contributed by atoms with van der Waals surface area (Å²) in [5.74, 6) is 0.267. The Balaban J connectivity index is 0.00000180. The molecule has 2 rings (SSSR count). The minimum atomic E-state index is -0.498. The van der Waals surface area contributed by atoms with Crippen LogP contribution in [0.15, 0.2) is 18.2 Å². The second-order valence-corrected chi connectivity index (χ2v) is 4.04. The van der Waals surface area contributed by atoms with E-state index in [-0.39, 0.29) is 30.8 Å². The second kappa shape index (κ2) is 6.40. The average molecular weight is 286 g/mol. The Kier molecular flexibility index (Phi) is 5.14. The predicted octanol–water partition coefficient (Wildman–Crippen LogP) is 0.986. The fourth-order valence-electron chi connectivity index (χ4n) is 1.65. The number of halogens is 1. The third kappa shape index (κ3) is 3.59. The lowest BCUT2D eigenvalue weighted by Gasteiger charge is -2.23. The molecule has 0 fully saturated rings. The summed E-state index contributed by atoms with van der Waals surface area (Å²) in [6.07, 6.45) is -0.498. The highest BCUT2D eigenvalue weighted by molar-refractivity contribution is 5.99. The van der Waals surface area contributed by atoms with Crippen LogP contribution in [0.5, 0.6) is 5.75 Å². The highest BCUT2D eigenvalue weighted by Crippen LogP contribution is 2.31. The Morgan fingerprint density at radius 3 is 2.89 bits per heavy atom. The molecular formula is C12H16ClN3O3. The Hall–Kier alpha value is -1.79. The van der Waals surface area contributed by atoms with Crippen molar-refractivity contribution in [1.29, 1.82) is 0 Å². The quantitative estimate of drug-likeness (QED) is 0.774. The van der Waals surface area contributed by atoms with Crippen LogP contribution in [-0.4, -0.2) is 31.5 Å². The standard InChI is InChI=1S/C12H15N3O3.ClH/c1-7-12(17)15-9-5-8(3-4-10(9)18-7)14-11(16)6-13-2;/h3-5,7,13H,6H2,1-2H3,(H,14,16)(H,15,17);1H. The van der Waals surface area contributed by atoms with Crippen LogP contribution < -0.4 is 20.7 Å². The molecular weight excluding hydrogens is 270 g/mol. The number of carbonyl (C=O) groups is 2. The van der Waals surface area contributed by atoms with Crippen LogP contribution in [0.1, 0.15) is 6.92 Å². The summed E-state index contributed by atoms with van der Waals surface area (Å²) in [5.41, 5.74) is 1.19. The maximum Gasteiger partial charge on any atom is 0.265 e. The average Bonchev–Trinajstić information content (AvgIpc) is 2.31. The maximum atomic E-state index is 11.5. The largest absolute Gasteiger partial charge is 0.479 e. The third-order valence-corrected chi connectivity index (χ3v) is 2.53. The molecule has 1 aliphatic heterocycles. The van der Waals surface area contributed by atoms with Crippen molar-refractivity contribution in [1.82, 2.24) is 5.32 Å². The van der Waals surface area contributed by atoms with Crippen molar-refractivity contribution in [2.24, 2.45) is 0 Å². The van der Waals surface area contributed by atoms with Crippen LogP contribution in [-0.2, 0) is 9.59 Å². The molecule has 3 N–H and O–H groups in total. The molecule has 1 atom stereocenters. The second-order valence-electron chi connectivity index (χ2n) is 4.04. The van der Waals surface area contributed by atoms with Crippen molar-refractivity contribution in [3.8, 4) is 5.75 Å². The van der Waals surface area contributed by atoms with Crippen molar-refractivity contribution in [2.45, 2.75) is 13.0 Å². The van der Waals surface area contributed by atoms with E-state index in [1.807, 2.05) is 0 Å². The van der Waals surface area contributed by atoms with Crippen LogP contribution in [0.4, 0.5) is 11.4 Å². The van der Waals surface area contributed by atoms with Crippen molar-refractivity contribution in [3.63, 3.8) is 0 Å². The molecule has 0 saturated heterocycles. The normalized spacial score (nSPS) is 16.5. The molecule has 0 aliphatic carbocycles. The first-order valence-corrected chi connectivity index (χ1v) is 5.66. The molecule has 7 heteroatoms. The smallest absolute Gasteiger partial charge is 0.265 e. The number of benzene rings is 1. The van der Waals surface area contributed by atoms with Gasteiger partial charge in [0, 0.05) is 5.69 Å². The summed E-state index contributed by atoms with van der Waals surface area (Å²) in [6.45, 7) is 1.91. The minimum absolute atomic E-state index is 0. The number of amides is 2. The highest BCUT2D eigenvalue weighted by Gasteiger charge is 2.23. The molecule has 0 bridgehead atoms. The zero-order chi connectivity index (χ0) is 13.1. The van der Waals surface area contributed by atoms with Crippen molar-refractivity contribution in [2.75, 3.05) is 24.2 Å². The molecule has 104 valence electrons. The summed E-state index contributed by atoms with van der Waals surface area (Å²) in [4.78, 5) is 22.9. The molecule has 1 aliphatic rings. The number of rotatable bonds is 3. The van der Waals surface area contributed by atoms with Gasteiger partial charge in [-0.15, -0.1) is 12.4 Å². The van der Waals surface area contributed by atoms with Crippen LogP contribution >= 0.6 is 12.4 Å². The van der Waals surface area contributed by atoms with Crippen molar-refractivity contribution in [3.05, 3.63) is 18.2 Å². The summed E-state index contributed by atoms with van der Waals surface area (Å²) in [6, 6.07) is 5.13. The first kappa shape index (κ1) is 15.3. The van der Waals surface area contributed by atoms with E-state index >= 15 is 0 Å². The van der Waals surface area contributed by atoms with Crippen LogP contribution in [0.25, 0.3) is 0 Å². The van der Waals surface area contributed by atoms with Gasteiger partial charge in [-0.2, -0.15) is 0 Å². The molecule has 1 aromatic rings. The Morgan fingerprint density at radius 2 is 2.21 bits per heavy atom. The minimum Gasteiger partial charge on any atom is -0.479 e. The number of fused-ring (bicyclic) bond motifs is 1. The topological polar surface area (TPSA) is 79.5 Å². The molecule has 1 unspecified atom stereocenters. The Morgan fingerprint density at radius 1 is 1.47 bits per heavy atom. The van der Waals surface area contributed by atoms with E-state index in [9.17, 15) is 9.59 Å². The number of anilines is 2. The number of nitrogens with one attached hydrogen (secondary N) is 3. The molecule has 0 spiro atoms. The van der Waals surface area contributed by atoms with Gasteiger partial charge in [-0.3, -0.25) is 9.59 Å². The van der Waals surface area contributed by atoms with Gasteiger partial charge in [0.25, 0.3) is 5.91 Å². The SMILES string of the molecule is CNCC(=O)Nc1ccc2c(c1)NC(=O)C(C)O2.Cl. The van der Waals surface area contributed by atoms with E-state index in [2.05, 4.69) is 16.0 Å². The first-order chi connectivity index (χ1) is 8.60. The molecule has 0 aromatic heterocycles. The van der Waals surface area contributed by atoms with Crippen molar-refractivity contribution < 1.29 is 14.3 Å². The summed E-state index contributed by atoms with van der Waals surface area (Å²) in [5, 5.41) is 8.19.